The van der Waals surface area contributed by atoms with Crippen LogP contribution in [0.25, 0.3) is 0 Å². The van der Waals surface area contributed by atoms with Gasteiger partial charge in [0.25, 0.3) is 0 Å². The van der Waals surface area contributed by atoms with Crippen LogP contribution in [0.4, 0.5) is 0 Å². The molecular formula is C33H90B6. The van der Waals surface area contributed by atoms with Crippen LogP contribution in [0.2, 0.25) is 0 Å². The van der Waals surface area contributed by atoms with E-state index < -0.39 is 0 Å². The van der Waals surface area contributed by atoms with E-state index in [0.29, 0.717) is 0 Å². The molecule has 4 aliphatic rings. The minimum atomic E-state index is 0. The van der Waals surface area contributed by atoms with Crippen molar-refractivity contribution < 1.29 is 1.43 Å². The van der Waals surface area contributed by atoms with E-state index in [1.165, 1.54) is 77.0 Å². The molecule has 0 spiro atoms. The lowest BCUT2D eigenvalue weighted by Gasteiger charge is -1.41. The summed E-state index contributed by atoms with van der Waals surface area (Å²) in [6, 6.07) is 0. The van der Waals surface area contributed by atoms with Crippen molar-refractivity contribution in [2.75, 3.05) is 0 Å². The maximum Gasteiger partial charge on any atom is 0 e. The molecule has 0 atom stereocenters. The highest BCUT2D eigenvalue weighted by atomic mass is 14.0. The second-order valence-corrected chi connectivity index (χ2v) is 4.44. The summed E-state index contributed by atoms with van der Waals surface area (Å²) >= 11 is 0. The second-order valence-electron chi connectivity index (χ2n) is 4.44. The average Bonchev–Trinajstić information content (AvgIpc) is 3.88. The molecule has 0 N–H and O–H groups in total. The zero-order chi connectivity index (χ0) is 33.2. The van der Waals surface area contributed by atoms with Gasteiger partial charge in [-0.25, -0.2) is 0 Å². The van der Waals surface area contributed by atoms with Crippen LogP contribution in [0.15, 0.2) is 0 Å². The smallest absolute Gasteiger partial charge is 0 e. The fraction of sp³-hybridized carbons (Fsp3) is 1.00. The van der Waals surface area contributed by atoms with Crippen molar-refractivity contribution in [3.8, 4) is 0 Å². The number of rotatable bonds is 0. The molecule has 0 saturated heterocycles. The minimum absolute atomic E-state index is 0. The molecule has 4 rings (SSSR count). The van der Waals surface area contributed by atoms with E-state index in [-0.39, 0.29) is 17.3 Å². The first-order valence-electron chi connectivity index (χ1n) is 17.0. The van der Waals surface area contributed by atoms with E-state index in [1.807, 2.05) is 138 Å². The van der Waals surface area contributed by atoms with Crippen molar-refractivity contribution in [1.29, 1.82) is 0 Å². The molecule has 0 nitrogen and oxygen atoms in total. The molecule has 6 heteroatoms. The van der Waals surface area contributed by atoms with E-state index in [2.05, 4.69) is 30.9 Å². The topological polar surface area (TPSA) is 0 Å². The van der Waals surface area contributed by atoms with Gasteiger partial charge in [0.1, 0.15) is 0 Å². The van der Waals surface area contributed by atoms with E-state index in [9.17, 15) is 0 Å². The Balaban J connectivity index is -0.0000000128. The van der Waals surface area contributed by atoms with Gasteiger partial charge >= 0.3 is 0 Å². The molecule has 0 aromatic heterocycles. The van der Waals surface area contributed by atoms with Crippen molar-refractivity contribution in [2.45, 2.75) is 223 Å². The van der Waals surface area contributed by atoms with Gasteiger partial charge in [-0.05, 0) is 0 Å². The third-order valence-corrected chi connectivity index (χ3v) is 1.41. The highest BCUT2D eigenvalue weighted by molar-refractivity contribution is 7.17. The Morgan fingerprint density at radius 2 is 0.333 bits per heavy atom. The van der Waals surface area contributed by atoms with Gasteiger partial charge in [-0.2, -0.15) is 0 Å². The summed E-state index contributed by atoms with van der Waals surface area (Å²) in [6.07, 6.45) is 18.0. The molecule has 39 heavy (non-hydrogen) atoms. The zero-order valence-corrected chi connectivity index (χ0v) is 31.9. The predicted octanol–water partition coefficient (Wildman–Crippen LogP) is 13.5. The van der Waals surface area contributed by atoms with Crippen molar-refractivity contribution in [1.82, 2.24) is 0 Å². The van der Waals surface area contributed by atoms with Gasteiger partial charge in [-0.3, -0.25) is 0 Å². The van der Waals surface area contributed by atoms with Crippen LogP contribution in [0.5, 0.6) is 0 Å². The molecule has 0 unspecified atom stereocenters. The standard InChI is InChI=1S/4C3H6.10C2H6.CH4.B3.B2.B.H2/c4*1-2-3-1;10*1-2;;1-3-2;1-2;;/h4*1-3H2;10*1-2H3;1H4;;;;1H/i;;;;;;;;;;;;;;;;;;1+2. The van der Waals surface area contributed by atoms with Crippen LogP contribution in [0.1, 0.15) is 224 Å². The first-order chi connectivity index (χ1) is 18.4. The molecule has 4 fully saturated rings. The van der Waals surface area contributed by atoms with Crippen LogP contribution in [-0.2, 0) is 0 Å². The van der Waals surface area contributed by atoms with Gasteiger partial charge in [0.05, 0.1) is 0 Å². The molecule has 12 radical (unpaired) electrons. The van der Waals surface area contributed by atoms with Gasteiger partial charge in [0, 0.05) is 47.8 Å². The van der Waals surface area contributed by atoms with Gasteiger partial charge in [0.2, 0.25) is 0 Å². The molecule has 4 saturated carbocycles. The highest BCUT2D eigenvalue weighted by Crippen LogP contribution is 2.15. The monoisotopic (exact) mass is 555 g/mol. The minimum Gasteiger partial charge on any atom is -0.0776 e. The van der Waals surface area contributed by atoms with Gasteiger partial charge in [-0.1, -0.05) is 223 Å². The first kappa shape index (κ1) is 90.1. The van der Waals surface area contributed by atoms with Crippen LogP contribution in [-0.4, -0.2) is 46.4 Å². The fourth-order valence-corrected chi connectivity index (χ4v) is 0. The van der Waals surface area contributed by atoms with Crippen LogP contribution >= 0.6 is 0 Å². The van der Waals surface area contributed by atoms with Gasteiger partial charge < -0.3 is 0 Å². The van der Waals surface area contributed by atoms with Crippen molar-refractivity contribution in [3.05, 3.63) is 0 Å². The summed E-state index contributed by atoms with van der Waals surface area (Å²) in [5, 5.41) is 0. The largest absolute Gasteiger partial charge is 0.0776 e. The van der Waals surface area contributed by atoms with Crippen LogP contribution in [0, 0.1) is 0 Å². The third-order valence-electron chi connectivity index (χ3n) is 1.41. The lowest BCUT2D eigenvalue weighted by Crippen LogP contribution is -1.79. The molecule has 0 aromatic carbocycles. The SMILES string of the molecule is C.C1CC1.C1CC1.C1CC1.C1CC1.CC.CC.CC.CC.CC.CC.CC.CC.CC.CC.[3HH].[B].[B][B].[B][B][B]. The van der Waals surface area contributed by atoms with E-state index in [4.69, 9.17) is 0 Å². The fourth-order valence-electron chi connectivity index (χ4n) is 0. The van der Waals surface area contributed by atoms with E-state index >= 15 is 0 Å². The second kappa shape index (κ2) is 299. The molecule has 0 bridgehead atoms. The van der Waals surface area contributed by atoms with Crippen LogP contribution < -0.4 is 0 Å². The van der Waals surface area contributed by atoms with Gasteiger partial charge in [-0.15, -0.1) is 0 Å². The van der Waals surface area contributed by atoms with Crippen molar-refractivity contribution >= 4 is 46.4 Å². The summed E-state index contributed by atoms with van der Waals surface area (Å²) < 4.78 is 0. The summed E-state index contributed by atoms with van der Waals surface area (Å²) in [5.74, 6) is 0. The van der Waals surface area contributed by atoms with Crippen LogP contribution in [0.3, 0.4) is 0 Å². The Hall–Kier alpha value is 0.390. The molecule has 0 amide bonds. The first-order valence-corrected chi connectivity index (χ1v) is 17.0. The zero-order valence-electron chi connectivity index (χ0n) is 31.9. The average molecular weight is 554 g/mol. The summed E-state index contributed by atoms with van der Waals surface area (Å²) in [6.45, 7) is 40.0. The molecule has 4 aliphatic carbocycles. The lowest BCUT2D eigenvalue weighted by molar-refractivity contribution is 1.50. The summed E-state index contributed by atoms with van der Waals surface area (Å²) in [5.41, 5.74) is 0. The molecule has 0 aromatic rings. The summed E-state index contributed by atoms with van der Waals surface area (Å²) in [4.78, 5) is 0. The van der Waals surface area contributed by atoms with Gasteiger partial charge in [0.15, 0.2) is 0 Å². The Morgan fingerprint density at radius 3 is 0.333 bits per heavy atom. The molecular weight excluding hydrogens is 461 g/mol. The third kappa shape index (κ3) is 2640. The summed E-state index contributed by atoms with van der Waals surface area (Å²) in [7, 11) is 18.0. The Morgan fingerprint density at radius 1 is 0.308 bits per heavy atom. The highest BCUT2D eigenvalue weighted by Gasteiger charge is 1.96. The Labute approximate surface area is 270 Å². The maximum atomic E-state index is 4.50. The van der Waals surface area contributed by atoms with Crippen molar-refractivity contribution in [3.63, 3.8) is 0 Å². The molecule has 240 valence electrons. The Bertz CT molecular complexity index is 84.1. The van der Waals surface area contributed by atoms with Crippen molar-refractivity contribution in [2.24, 2.45) is 0 Å². The van der Waals surface area contributed by atoms with E-state index in [1.54, 1.807) is 0 Å². The Kier molecular flexibility index (Phi) is 691. The number of hydrogen-bond acceptors (Lipinski definition) is 0. The molecule has 0 heterocycles. The molecule has 0 aliphatic heterocycles. The maximum absolute atomic E-state index is 4.50. The lowest BCUT2D eigenvalue weighted by atomic mass is 9.40. The quantitative estimate of drug-likeness (QED) is 0.262. The predicted molar refractivity (Wildman–Crippen MR) is 212 cm³/mol. The normalized spacial score (nSPS) is 9.33. The number of hydrogen-bond donors (Lipinski definition) is 0. The van der Waals surface area contributed by atoms with E-state index in [0.717, 1.165) is 7.06 Å².